The van der Waals surface area contributed by atoms with Gasteiger partial charge in [-0.15, -0.1) is 0 Å². The predicted molar refractivity (Wildman–Crippen MR) is 65.5 cm³/mol. The summed E-state index contributed by atoms with van der Waals surface area (Å²) < 4.78 is 0. The van der Waals surface area contributed by atoms with Gasteiger partial charge >= 0.3 is 0 Å². The third-order valence-corrected chi connectivity index (χ3v) is 2.53. The zero-order valence-electron chi connectivity index (χ0n) is 9.53. The van der Waals surface area contributed by atoms with Crippen LogP contribution in [-0.4, -0.2) is 28.7 Å². The summed E-state index contributed by atoms with van der Waals surface area (Å²) >= 11 is 0. The molecule has 0 atom stereocenters. The van der Waals surface area contributed by atoms with E-state index >= 15 is 0 Å². The molecule has 0 saturated carbocycles. The molecular formula is C11H10N4O3. The number of nitrogens with two attached hydrogens (primary N) is 1. The van der Waals surface area contributed by atoms with Crippen molar-refractivity contribution in [1.82, 2.24) is 4.90 Å². The van der Waals surface area contributed by atoms with Crippen molar-refractivity contribution >= 4 is 23.6 Å². The van der Waals surface area contributed by atoms with E-state index < -0.39 is 4.92 Å². The Balaban J connectivity index is 2.47. The van der Waals surface area contributed by atoms with E-state index in [0.717, 1.165) is 0 Å². The number of nitro benzene ring substituents is 1. The lowest BCUT2D eigenvalue weighted by atomic mass is 10.1. The summed E-state index contributed by atoms with van der Waals surface area (Å²) in [7, 11) is 1.49. The van der Waals surface area contributed by atoms with Crippen molar-refractivity contribution in [1.29, 1.82) is 0 Å². The SMILES string of the molecule is CN1C(=O)/C(=C\c2ccccc2[N+](=O)[O-])N=C1N. The number of amides is 1. The van der Waals surface area contributed by atoms with Crippen LogP contribution in [0.15, 0.2) is 35.0 Å². The number of nitrogens with zero attached hydrogens (tertiary/aromatic N) is 3. The van der Waals surface area contributed by atoms with E-state index in [1.165, 1.54) is 24.1 Å². The van der Waals surface area contributed by atoms with Crippen LogP contribution in [0.1, 0.15) is 5.56 Å². The van der Waals surface area contributed by atoms with Gasteiger partial charge in [0.15, 0.2) is 0 Å². The minimum atomic E-state index is -0.511. The highest BCUT2D eigenvalue weighted by atomic mass is 16.6. The van der Waals surface area contributed by atoms with Crippen molar-refractivity contribution in [3.8, 4) is 0 Å². The van der Waals surface area contributed by atoms with E-state index in [2.05, 4.69) is 4.99 Å². The third kappa shape index (κ3) is 1.93. The van der Waals surface area contributed by atoms with E-state index in [0.29, 0.717) is 5.56 Å². The van der Waals surface area contributed by atoms with Gasteiger partial charge in [0.2, 0.25) is 5.96 Å². The Morgan fingerprint density at radius 2 is 2.11 bits per heavy atom. The van der Waals surface area contributed by atoms with E-state index in [1.807, 2.05) is 0 Å². The smallest absolute Gasteiger partial charge is 0.279 e. The highest BCUT2D eigenvalue weighted by Gasteiger charge is 2.25. The minimum absolute atomic E-state index is 0.0739. The van der Waals surface area contributed by atoms with Gasteiger partial charge in [-0.1, -0.05) is 12.1 Å². The molecule has 0 saturated heterocycles. The summed E-state index contributed by atoms with van der Waals surface area (Å²) in [4.78, 5) is 27.0. The largest absolute Gasteiger partial charge is 0.369 e. The molecule has 1 amide bonds. The average molecular weight is 246 g/mol. The molecular weight excluding hydrogens is 236 g/mol. The number of guanidine groups is 1. The number of likely N-dealkylation sites (N-methyl/N-ethyl adjacent to an activating group) is 1. The fourth-order valence-electron chi connectivity index (χ4n) is 1.54. The number of hydrogen-bond acceptors (Lipinski definition) is 5. The summed E-state index contributed by atoms with van der Waals surface area (Å²) in [6.45, 7) is 0. The molecule has 0 fully saturated rings. The monoisotopic (exact) mass is 246 g/mol. The molecule has 7 heteroatoms. The predicted octanol–water partition coefficient (Wildman–Crippen LogP) is 0.722. The molecule has 2 rings (SSSR count). The van der Waals surface area contributed by atoms with Gasteiger partial charge < -0.3 is 5.73 Å². The molecule has 1 aromatic carbocycles. The summed E-state index contributed by atoms with van der Waals surface area (Å²) in [5.74, 6) is -0.310. The Hall–Kier alpha value is -2.70. The summed E-state index contributed by atoms with van der Waals surface area (Å²) in [6, 6.07) is 6.11. The highest BCUT2D eigenvalue weighted by molar-refractivity contribution is 6.13. The first-order chi connectivity index (χ1) is 8.50. The molecule has 0 aromatic heterocycles. The molecule has 0 radical (unpaired) electrons. The maximum absolute atomic E-state index is 11.7. The molecule has 0 spiro atoms. The molecule has 1 aliphatic heterocycles. The number of para-hydroxylation sites is 1. The van der Waals surface area contributed by atoms with Gasteiger partial charge in [-0.3, -0.25) is 19.8 Å². The molecule has 0 aliphatic carbocycles. The van der Waals surface area contributed by atoms with Crippen LogP contribution in [0.25, 0.3) is 6.08 Å². The molecule has 18 heavy (non-hydrogen) atoms. The number of rotatable bonds is 2. The van der Waals surface area contributed by atoms with Gasteiger partial charge in [0.05, 0.1) is 10.5 Å². The van der Waals surface area contributed by atoms with Crippen molar-refractivity contribution in [3.63, 3.8) is 0 Å². The Kier molecular flexibility index (Phi) is 2.80. The molecule has 0 unspecified atom stereocenters. The summed E-state index contributed by atoms with van der Waals surface area (Å²) in [5, 5.41) is 10.8. The number of carbonyl (C=O) groups is 1. The lowest BCUT2D eigenvalue weighted by molar-refractivity contribution is -0.385. The maximum Gasteiger partial charge on any atom is 0.279 e. The van der Waals surface area contributed by atoms with E-state index in [1.54, 1.807) is 18.2 Å². The second-order valence-corrected chi connectivity index (χ2v) is 3.68. The lowest BCUT2D eigenvalue weighted by Crippen LogP contribution is -2.33. The topological polar surface area (TPSA) is 102 Å². The van der Waals surface area contributed by atoms with Crippen molar-refractivity contribution in [2.24, 2.45) is 10.7 Å². The number of aliphatic imine (C=N–C) groups is 1. The van der Waals surface area contributed by atoms with Crippen LogP contribution in [0.2, 0.25) is 0 Å². The highest BCUT2D eigenvalue weighted by Crippen LogP contribution is 2.23. The van der Waals surface area contributed by atoms with Crippen LogP contribution in [0.5, 0.6) is 0 Å². The van der Waals surface area contributed by atoms with E-state index in [-0.39, 0.29) is 23.3 Å². The van der Waals surface area contributed by atoms with Crippen LogP contribution in [-0.2, 0) is 4.79 Å². The quantitative estimate of drug-likeness (QED) is 0.472. The van der Waals surface area contributed by atoms with Crippen molar-refractivity contribution in [2.45, 2.75) is 0 Å². The molecule has 92 valence electrons. The number of carbonyl (C=O) groups excluding carboxylic acids is 1. The molecule has 7 nitrogen and oxygen atoms in total. The van der Waals surface area contributed by atoms with Crippen molar-refractivity contribution < 1.29 is 9.72 Å². The minimum Gasteiger partial charge on any atom is -0.369 e. The Labute approximate surface area is 102 Å². The lowest BCUT2D eigenvalue weighted by Gasteiger charge is -2.05. The number of hydrogen-bond donors (Lipinski definition) is 1. The Morgan fingerprint density at radius 1 is 1.44 bits per heavy atom. The van der Waals surface area contributed by atoms with Gasteiger partial charge in [-0.25, -0.2) is 4.99 Å². The first kappa shape index (κ1) is 11.8. The van der Waals surface area contributed by atoms with E-state index in [9.17, 15) is 14.9 Å². The van der Waals surface area contributed by atoms with Crippen LogP contribution in [0, 0.1) is 10.1 Å². The van der Waals surface area contributed by atoms with E-state index in [4.69, 9.17) is 5.73 Å². The molecule has 1 aromatic rings. The number of benzene rings is 1. The van der Waals surface area contributed by atoms with Crippen LogP contribution >= 0.6 is 0 Å². The van der Waals surface area contributed by atoms with Gasteiger partial charge in [0.1, 0.15) is 5.70 Å². The zero-order chi connectivity index (χ0) is 13.3. The second-order valence-electron chi connectivity index (χ2n) is 3.68. The van der Waals surface area contributed by atoms with Crippen LogP contribution < -0.4 is 5.73 Å². The van der Waals surface area contributed by atoms with Crippen LogP contribution in [0.4, 0.5) is 5.69 Å². The standard InChI is InChI=1S/C11H10N4O3/c1-14-10(16)8(13-11(14)12)6-7-4-2-3-5-9(7)15(17)18/h2-6H,1H3,(H2,12,13)/b8-6+. The van der Waals surface area contributed by atoms with Gasteiger partial charge in [-0.05, 0) is 12.1 Å². The fraction of sp³-hybridized carbons (Fsp3) is 0.0909. The molecule has 1 heterocycles. The second kappa shape index (κ2) is 4.28. The molecule has 2 N–H and O–H groups in total. The van der Waals surface area contributed by atoms with Gasteiger partial charge in [0, 0.05) is 13.1 Å². The summed E-state index contributed by atoms with van der Waals surface area (Å²) in [5.41, 5.74) is 5.81. The average Bonchev–Trinajstić information content (AvgIpc) is 2.57. The van der Waals surface area contributed by atoms with Crippen molar-refractivity contribution in [2.75, 3.05) is 7.05 Å². The van der Waals surface area contributed by atoms with Crippen LogP contribution in [0.3, 0.4) is 0 Å². The first-order valence-corrected chi connectivity index (χ1v) is 5.08. The first-order valence-electron chi connectivity index (χ1n) is 5.08. The Morgan fingerprint density at radius 3 is 2.67 bits per heavy atom. The molecule has 0 bridgehead atoms. The Bertz CT molecular complexity index is 592. The molecule has 1 aliphatic rings. The summed E-state index contributed by atoms with van der Waals surface area (Å²) in [6.07, 6.45) is 1.36. The fourth-order valence-corrected chi connectivity index (χ4v) is 1.54. The van der Waals surface area contributed by atoms with Gasteiger partial charge in [0.25, 0.3) is 11.6 Å². The normalized spacial score (nSPS) is 17.2. The zero-order valence-corrected chi connectivity index (χ0v) is 9.53. The van der Waals surface area contributed by atoms with Crippen molar-refractivity contribution in [3.05, 3.63) is 45.6 Å². The maximum atomic E-state index is 11.7. The van der Waals surface area contributed by atoms with Gasteiger partial charge in [-0.2, -0.15) is 0 Å². The third-order valence-electron chi connectivity index (χ3n) is 2.53. The number of nitro groups is 1.